The van der Waals surface area contributed by atoms with Gasteiger partial charge in [0.25, 0.3) is 5.91 Å². The number of hydrogen-bond acceptors (Lipinski definition) is 4. The molecule has 2 saturated heterocycles. The first-order chi connectivity index (χ1) is 14.0. The van der Waals surface area contributed by atoms with Gasteiger partial charge in [-0.3, -0.25) is 14.6 Å². The van der Waals surface area contributed by atoms with Crippen LogP contribution in [0.5, 0.6) is 0 Å². The number of likely N-dealkylation sites (tertiary alicyclic amines) is 1. The van der Waals surface area contributed by atoms with E-state index in [9.17, 15) is 9.59 Å². The summed E-state index contributed by atoms with van der Waals surface area (Å²) in [6, 6.07) is 13.7. The number of benzene rings is 1. The molecule has 2 aliphatic rings. The number of pyridine rings is 1. The molecule has 0 bridgehead atoms. The third-order valence-corrected chi connectivity index (χ3v) is 5.92. The van der Waals surface area contributed by atoms with Crippen LogP contribution in [-0.2, 0) is 4.79 Å². The van der Waals surface area contributed by atoms with Gasteiger partial charge in [-0.05, 0) is 44.0 Å². The molecule has 0 saturated carbocycles. The van der Waals surface area contributed by atoms with Gasteiger partial charge in [0.15, 0.2) is 0 Å². The summed E-state index contributed by atoms with van der Waals surface area (Å²) < 4.78 is 0. The van der Waals surface area contributed by atoms with Crippen molar-refractivity contribution < 1.29 is 9.59 Å². The maximum absolute atomic E-state index is 13.1. The van der Waals surface area contributed by atoms with Gasteiger partial charge in [-0.1, -0.05) is 18.2 Å². The molecule has 0 spiro atoms. The lowest BCUT2D eigenvalue weighted by molar-refractivity contribution is -0.129. The second kappa shape index (κ2) is 8.23. The van der Waals surface area contributed by atoms with Gasteiger partial charge < -0.3 is 14.7 Å². The van der Waals surface area contributed by atoms with E-state index in [0.717, 1.165) is 68.2 Å². The molecule has 0 unspecified atom stereocenters. The summed E-state index contributed by atoms with van der Waals surface area (Å²) >= 11 is 0. The Labute approximate surface area is 172 Å². The summed E-state index contributed by atoms with van der Waals surface area (Å²) in [5.41, 5.74) is 3.80. The fourth-order valence-electron chi connectivity index (χ4n) is 4.37. The molecular formula is C23H28N4O2. The molecule has 4 rings (SSSR count). The van der Waals surface area contributed by atoms with Crippen LogP contribution in [0.4, 0.5) is 5.69 Å². The van der Waals surface area contributed by atoms with Crippen molar-refractivity contribution >= 4 is 17.5 Å². The highest BCUT2D eigenvalue weighted by molar-refractivity contribution is 5.94. The molecule has 29 heavy (non-hydrogen) atoms. The molecule has 2 aliphatic heterocycles. The van der Waals surface area contributed by atoms with Crippen molar-refractivity contribution in [3.63, 3.8) is 0 Å². The molecule has 0 radical (unpaired) electrons. The molecule has 1 atom stereocenters. The number of aryl methyl sites for hydroxylation is 1. The minimum atomic E-state index is 0.0138. The first-order valence-electron chi connectivity index (χ1n) is 10.4. The molecule has 0 aliphatic carbocycles. The van der Waals surface area contributed by atoms with Crippen molar-refractivity contribution in [3.8, 4) is 0 Å². The van der Waals surface area contributed by atoms with Crippen molar-refractivity contribution in [2.75, 3.05) is 37.6 Å². The van der Waals surface area contributed by atoms with Gasteiger partial charge in [-0.2, -0.15) is 0 Å². The van der Waals surface area contributed by atoms with Gasteiger partial charge in [0, 0.05) is 56.6 Å². The molecule has 3 heterocycles. The number of hydrogen-bond donors (Lipinski definition) is 0. The Morgan fingerprint density at radius 1 is 1.00 bits per heavy atom. The van der Waals surface area contributed by atoms with Crippen LogP contribution in [0.3, 0.4) is 0 Å². The van der Waals surface area contributed by atoms with Crippen LogP contribution in [0.25, 0.3) is 0 Å². The summed E-state index contributed by atoms with van der Waals surface area (Å²) in [6.07, 6.45) is 1.93. The lowest BCUT2D eigenvalue weighted by Gasteiger charge is -2.36. The minimum Gasteiger partial charge on any atom is -0.368 e. The smallest absolute Gasteiger partial charge is 0.254 e. The number of anilines is 1. The maximum atomic E-state index is 13.1. The van der Waals surface area contributed by atoms with Crippen molar-refractivity contribution in [1.29, 1.82) is 0 Å². The first kappa shape index (κ1) is 19.4. The number of aromatic nitrogens is 1. The molecule has 1 aromatic carbocycles. The van der Waals surface area contributed by atoms with Crippen molar-refractivity contribution in [1.82, 2.24) is 14.8 Å². The Morgan fingerprint density at radius 3 is 2.41 bits per heavy atom. The Hall–Kier alpha value is -2.89. The molecule has 6 nitrogen and oxygen atoms in total. The van der Waals surface area contributed by atoms with E-state index in [2.05, 4.69) is 17.0 Å². The number of carbonyl (C=O) groups excluding carboxylic acids is 2. The van der Waals surface area contributed by atoms with Gasteiger partial charge in [0.05, 0.1) is 11.7 Å². The highest BCUT2D eigenvalue weighted by atomic mass is 16.2. The van der Waals surface area contributed by atoms with E-state index >= 15 is 0 Å². The normalized spacial score (nSPS) is 19.5. The van der Waals surface area contributed by atoms with Crippen LogP contribution in [0.2, 0.25) is 0 Å². The SMILES string of the molecule is CC(=O)N1CCN(c2cc(C)nc([C@H]3CCCN3C(=O)c3ccccc3)c2)CC1. The van der Waals surface area contributed by atoms with E-state index in [1.807, 2.05) is 47.1 Å². The van der Waals surface area contributed by atoms with E-state index in [0.29, 0.717) is 0 Å². The average molecular weight is 393 g/mol. The summed E-state index contributed by atoms with van der Waals surface area (Å²) in [4.78, 5) is 35.6. The monoisotopic (exact) mass is 392 g/mol. The molecule has 2 fully saturated rings. The number of amides is 2. The van der Waals surface area contributed by atoms with E-state index in [4.69, 9.17) is 4.98 Å². The van der Waals surface area contributed by atoms with Crippen LogP contribution in [-0.4, -0.2) is 59.3 Å². The van der Waals surface area contributed by atoms with Gasteiger partial charge in [0.1, 0.15) is 0 Å². The largest absolute Gasteiger partial charge is 0.368 e. The molecule has 2 amide bonds. The Bertz CT molecular complexity index is 891. The molecule has 0 N–H and O–H groups in total. The third-order valence-electron chi connectivity index (χ3n) is 5.92. The predicted octanol–water partition coefficient (Wildman–Crippen LogP) is 3.04. The van der Waals surface area contributed by atoms with Crippen LogP contribution in [0, 0.1) is 6.92 Å². The Balaban J connectivity index is 1.55. The van der Waals surface area contributed by atoms with Gasteiger partial charge in [-0.25, -0.2) is 0 Å². The highest BCUT2D eigenvalue weighted by Crippen LogP contribution is 2.34. The summed E-state index contributed by atoms with van der Waals surface area (Å²) in [6.45, 7) is 7.53. The van der Waals surface area contributed by atoms with Gasteiger partial charge in [-0.15, -0.1) is 0 Å². The standard InChI is InChI=1S/C23H28N4O2/c1-17-15-20(26-13-11-25(12-14-26)18(2)28)16-21(24-17)22-9-6-10-27(22)23(29)19-7-4-3-5-8-19/h3-5,7-8,15-16,22H,6,9-14H2,1-2H3/t22-/m1/s1. The van der Waals surface area contributed by atoms with E-state index < -0.39 is 0 Å². The van der Waals surface area contributed by atoms with Crippen molar-refractivity contribution in [2.45, 2.75) is 32.7 Å². The quantitative estimate of drug-likeness (QED) is 0.806. The van der Waals surface area contributed by atoms with Crippen LogP contribution in [0.15, 0.2) is 42.5 Å². The minimum absolute atomic E-state index is 0.0138. The average Bonchev–Trinajstić information content (AvgIpc) is 3.23. The molecule has 6 heteroatoms. The summed E-state index contributed by atoms with van der Waals surface area (Å²) in [5, 5.41) is 0. The zero-order chi connectivity index (χ0) is 20.4. The number of piperazine rings is 1. The highest BCUT2D eigenvalue weighted by Gasteiger charge is 2.32. The molecular weight excluding hydrogens is 364 g/mol. The first-order valence-corrected chi connectivity index (χ1v) is 10.4. The Morgan fingerprint density at radius 2 is 1.72 bits per heavy atom. The second-order valence-corrected chi connectivity index (χ2v) is 7.91. The molecule has 1 aromatic heterocycles. The maximum Gasteiger partial charge on any atom is 0.254 e. The van der Waals surface area contributed by atoms with Gasteiger partial charge in [0.2, 0.25) is 5.91 Å². The Kier molecular flexibility index (Phi) is 5.51. The molecule has 152 valence electrons. The van der Waals surface area contributed by atoms with Crippen molar-refractivity contribution in [3.05, 3.63) is 59.4 Å². The molecule has 2 aromatic rings. The third kappa shape index (κ3) is 4.11. The lowest BCUT2D eigenvalue weighted by atomic mass is 10.1. The fraction of sp³-hybridized carbons (Fsp3) is 0.435. The summed E-state index contributed by atoms with van der Waals surface area (Å²) in [5.74, 6) is 0.213. The lowest BCUT2D eigenvalue weighted by Crippen LogP contribution is -2.48. The van der Waals surface area contributed by atoms with Crippen LogP contribution in [0.1, 0.15) is 47.6 Å². The summed E-state index contributed by atoms with van der Waals surface area (Å²) in [7, 11) is 0. The van der Waals surface area contributed by atoms with E-state index in [1.165, 1.54) is 0 Å². The second-order valence-electron chi connectivity index (χ2n) is 7.91. The predicted molar refractivity (Wildman–Crippen MR) is 113 cm³/mol. The fourth-order valence-corrected chi connectivity index (χ4v) is 4.37. The van der Waals surface area contributed by atoms with Crippen LogP contribution >= 0.6 is 0 Å². The number of rotatable bonds is 3. The van der Waals surface area contributed by atoms with Crippen molar-refractivity contribution in [2.24, 2.45) is 0 Å². The van der Waals surface area contributed by atoms with E-state index in [-0.39, 0.29) is 17.9 Å². The zero-order valence-electron chi connectivity index (χ0n) is 17.2. The zero-order valence-corrected chi connectivity index (χ0v) is 17.2. The number of carbonyl (C=O) groups is 2. The van der Waals surface area contributed by atoms with Gasteiger partial charge >= 0.3 is 0 Å². The van der Waals surface area contributed by atoms with Crippen LogP contribution < -0.4 is 4.90 Å². The number of nitrogens with zero attached hydrogens (tertiary/aromatic N) is 4. The topological polar surface area (TPSA) is 56.8 Å². The van der Waals surface area contributed by atoms with E-state index in [1.54, 1.807) is 6.92 Å².